The Morgan fingerprint density at radius 3 is 2.70 bits per heavy atom. The van der Waals surface area contributed by atoms with E-state index in [0.29, 0.717) is 16.8 Å². The zero-order valence-electron chi connectivity index (χ0n) is 18.9. The van der Waals surface area contributed by atoms with Crippen molar-refractivity contribution in [3.63, 3.8) is 0 Å². The third kappa shape index (κ3) is 5.24. The fraction of sp³-hybridized carbons (Fsp3) is 0.304. The van der Waals surface area contributed by atoms with E-state index in [1.807, 2.05) is 12.1 Å². The summed E-state index contributed by atoms with van der Waals surface area (Å²) >= 11 is 6.29. The van der Waals surface area contributed by atoms with Gasteiger partial charge >= 0.3 is 0 Å². The zero-order chi connectivity index (χ0) is 23.8. The number of benzene rings is 2. The second kappa shape index (κ2) is 9.21. The number of phenolic OH excluding ortho intramolecular Hbond substituents is 1. The van der Waals surface area contributed by atoms with Gasteiger partial charge in [0, 0.05) is 13.1 Å². The lowest BCUT2D eigenvalue weighted by molar-refractivity contribution is 0.312. The maximum absolute atomic E-state index is 12.7. The quantitative estimate of drug-likeness (QED) is 0.485. The summed E-state index contributed by atoms with van der Waals surface area (Å²) in [4.78, 5) is 10.9. The monoisotopic (exact) mass is 488 g/mol. The van der Waals surface area contributed by atoms with Crippen molar-refractivity contribution in [2.75, 3.05) is 39.3 Å². The summed E-state index contributed by atoms with van der Waals surface area (Å²) in [5.41, 5.74) is 3.21. The molecule has 10 heteroatoms. The van der Waals surface area contributed by atoms with Crippen molar-refractivity contribution in [3.8, 4) is 23.1 Å². The average Bonchev–Trinajstić information content (AvgIpc) is 2.76. The number of hydrogen-bond acceptors (Lipinski definition) is 8. The molecular weight excluding hydrogens is 463 g/mol. The van der Waals surface area contributed by atoms with Crippen molar-refractivity contribution in [1.82, 2.24) is 14.9 Å². The van der Waals surface area contributed by atoms with Crippen molar-refractivity contribution in [2.45, 2.75) is 13.0 Å². The standard InChI is InChI=1S/C23H26ClN4O4P/c1-28-8-7-14-10-20(31-2)18(9-15(14)13-28)26-23-25-12-17(24)22(27-23)32-19-6-5-16(29)11-21(19)33(3,4)30/h5-6,9-12,29H,7-8,13H2,1-4H3,(H,25,26,27). The smallest absolute Gasteiger partial charge is 0.243 e. The lowest BCUT2D eigenvalue weighted by atomic mass is 9.99. The summed E-state index contributed by atoms with van der Waals surface area (Å²) in [6.45, 7) is 5.05. The van der Waals surface area contributed by atoms with Crippen molar-refractivity contribution in [3.05, 3.63) is 52.7 Å². The highest BCUT2D eigenvalue weighted by Crippen LogP contribution is 2.41. The average molecular weight is 489 g/mol. The molecule has 2 aromatic carbocycles. The van der Waals surface area contributed by atoms with Crippen LogP contribution in [0, 0.1) is 0 Å². The van der Waals surface area contributed by atoms with Gasteiger partial charge in [-0.2, -0.15) is 4.98 Å². The highest BCUT2D eigenvalue weighted by atomic mass is 35.5. The van der Waals surface area contributed by atoms with Gasteiger partial charge in [-0.15, -0.1) is 0 Å². The molecule has 3 aromatic rings. The van der Waals surface area contributed by atoms with Crippen LogP contribution in [0.1, 0.15) is 11.1 Å². The molecular formula is C23H26ClN4O4P. The number of ether oxygens (including phenoxy) is 2. The Hall–Kier alpha value is -2.80. The Balaban J connectivity index is 1.66. The fourth-order valence-electron chi connectivity index (χ4n) is 3.72. The highest BCUT2D eigenvalue weighted by Gasteiger charge is 2.21. The summed E-state index contributed by atoms with van der Waals surface area (Å²) in [6, 6.07) is 8.52. The fourth-order valence-corrected chi connectivity index (χ4v) is 4.94. The highest BCUT2D eigenvalue weighted by molar-refractivity contribution is 7.70. The maximum Gasteiger partial charge on any atom is 0.243 e. The van der Waals surface area contributed by atoms with Gasteiger partial charge in [-0.05, 0) is 68.3 Å². The lowest BCUT2D eigenvalue weighted by Crippen LogP contribution is -2.26. The molecule has 0 atom stereocenters. The number of phenols is 1. The molecule has 0 bridgehead atoms. The van der Waals surface area contributed by atoms with Crippen LogP contribution >= 0.6 is 18.7 Å². The predicted molar refractivity (Wildman–Crippen MR) is 131 cm³/mol. The molecule has 1 aliphatic rings. The van der Waals surface area contributed by atoms with Crippen LogP contribution < -0.4 is 20.1 Å². The van der Waals surface area contributed by atoms with E-state index in [9.17, 15) is 9.67 Å². The largest absolute Gasteiger partial charge is 0.508 e. The van der Waals surface area contributed by atoms with Gasteiger partial charge < -0.3 is 29.4 Å². The Morgan fingerprint density at radius 1 is 1.18 bits per heavy atom. The van der Waals surface area contributed by atoms with E-state index >= 15 is 0 Å². The molecule has 0 saturated heterocycles. The van der Waals surface area contributed by atoms with Crippen molar-refractivity contribution >= 4 is 35.7 Å². The SMILES string of the molecule is COc1cc2c(cc1Nc1ncc(Cl)c(Oc3ccc(O)cc3P(C)(C)=O)n1)CN(C)CC2. The Bertz CT molecular complexity index is 1250. The van der Waals surface area contributed by atoms with Crippen LogP contribution in [0.4, 0.5) is 11.6 Å². The van der Waals surface area contributed by atoms with Gasteiger partial charge in [-0.25, -0.2) is 4.98 Å². The number of aromatic hydroxyl groups is 1. The number of fused-ring (bicyclic) bond motifs is 1. The van der Waals surface area contributed by atoms with E-state index in [4.69, 9.17) is 21.1 Å². The van der Waals surface area contributed by atoms with Gasteiger partial charge in [0.05, 0.1) is 24.3 Å². The number of methoxy groups -OCH3 is 1. The van der Waals surface area contributed by atoms with Crippen LogP contribution in [0.25, 0.3) is 0 Å². The molecule has 1 aromatic heterocycles. The van der Waals surface area contributed by atoms with Gasteiger partial charge in [-0.3, -0.25) is 0 Å². The molecule has 0 saturated carbocycles. The molecule has 0 unspecified atom stereocenters. The number of aromatic nitrogens is 2. The Morgan fingerprint density at radius 2 is 1.97 bits per heavy atom. The van der Waals surface area contributed by atoms with E-state index in [0.717, 1.165) is 25.2 Å². The third-order valence-corrected chi connectivity index (χ3v) is 7.18. The van der Waals surface area contributed by atoms with E-state index in [2.05, 4.69) is 27.2 Å². The van der Waals surface area contributed by atoms with Crippen molar-refractivity contribution in [1.29, 1.82) is 0 Å². The first-order chi connectivity index (χ1) is 15.6. The normalized spacial score (nSPS) is 14.0. The van der Waals surface area contributed by atoms with Crippen molar-refractivity contribution in [2.24, 2.45) is 0 Å². The number of hydrogen-bond donors (Lipinski definition) is 2. The van der Waals surface area contributed by atoms with Gasteiger partial charge in [0.25, 0.3) is 0 Å². The van der Waals surface area contributed by atoms with E-state index in [1.165, 1.54) is 29.5 Å². The lowest BCUT2D eigenvalue weighted by Gasteiger charge is -2.26. The number of halogens is 1. The minimum atomic E-state index is -2.74. The van der Waals surface area contributed by atoms with Crippen LogP contribution in [0.15, 0.2) is 36.5 Å². The predicted octanol–water partition coefficient (Wildman–Crippen LogP) is 4.62. The second-order valence-electron chi connectivity index (χ2n) is 8.39. The first-order valence-corrected chi connectivity index (χ1v) is 13.4. The third-order valence-electron chi connectivity index (χ3n) is 5.41. The number of nitrogens with zero attached hydrogens (tertiary/aromatic N) is 3. The molecule has 0 radical (unpaired) electrons. The molecule has 8 nitrogen and oxygen atoms in total. The molecule has 33 heavy (non-hydrogen) atoms. The summed E-state index contributed by atoms with van der Waals surface area (Å²) in [6.07, 6.45) is 2.40. The van der Waals surface area contributed by atoms with E-state index in [-0.39, 0.29) is 22.6 Å². The number of anilines is 2. The number of nitrogens with one attached hydrogen (secondary N) is 1. The molecule has 0 fully saturated rings. The Labute approximate surface area is 197 Å². The first-order valence-electron chi connectivity index (χ1n) is 10.4. The van der Waals surface area contributed by atoms with Crippen LogP contribution in [-0.4, -0.2) is 54.0 Å². The van der Waals surface area contributed by atoms with Crippen LogP contribution in [0.5, 0.6) is 23.1 Å². The van der Waals surface area contributed by atoms with Crippen molar-refractivity contribution < 1.29 is 19.1 Å². The maximum atomic E-state index is 12.7. The summed E-state index contributed by atoms with van der Waals surface area (Å²) < 4.78 is 24.2. The number of likely N-dealkylation sites (N-methyl/N-ethyl adjacent to an activating group) is 1. The molecule has 1 aliphatic heterocycles. The van der Waals surface area contributed by atoms with Gasteiger partial charge in [-0.1, -0.05) is 11.6 Å². The van der Waals surface area contributed by atoms with Gasteiger partial charge in [0.1, 0.15) is 29.4 Å². The molecule has 0 amide bonds. The molecule has 174 valence electrons. The molecule has 2 N–H and O–H groups in total. The molecule has 0 aliphatic carbocycles. The van der Waals surface area contributed by atoms with Crippen LogP contribution in [-0.2, 0) is 17.5 Å². The second-order valence-corrected chi connectivity index (χ2v) is 12.0. The Kier molecular flexibility index (Phi) is 6.52. The van der Waals surface area contributed by atoms with E-state index in [1.54, 1.807) is 26.5 Å². The minimum Gasteiger partial charge on any atom is -0.508 e. The molecule has 4 rings (SSSR count). The van der Waals surface area contributed by atoms with Crippen LogP contribution in [0.2, 0.25) is 5.02 Å². The topological polar surface area (TPSA) is 96.8 Å². The zero-order valence-corrected chi connectivity index (χ0v) is 20.6. The molecule has 0 spiro atoms. The summed E-state index contributed by atoms with van der Waals surface area (Å²) in [5.74, 6) is 1.38. The summed E-state index contributed by atoms with van der Waals surface area (Å²) in [7, 11) is 0.981. The van der Waals surface area contributed by atoms with E-state index < -0.39 is 7.14 Å². The molecule has 2 heterocycles. The first kappa shape index (κ1) is 23.4. The summed E-state index contributed by atoms with van der Waals surface area (Å²) in [5, 5.41) is 13.6. The number of rotatable bonds is 6. The van der Waals surface area contributed by atoms with Crippen LogP contribution in [0.3, 0.4) is 0 Å². The van der Waals surface area contributed by atoms with Gasteiger partial charge in [0.2, 0.25) is 11.8 Å². The minimum absolute atomic E-state index is 0.00237. The van der Waals surface area contributed by atoms with Gasteiger partial charge in [0.15, 0.2) is 0 Å².